The molecule has 0 aliphatic heterocycles. The van der Waals surface area contributed by atoms with Crippen LogP contribution in [0.1, 0.15) is 30.6 Å². The summed E-state index contributed by atoms with van der Waals surface area (Å²) in [7, 11) is 1.62. The van der Waals surface area contributed by atoms with E-state index >= 15 is 0 Å². The molecule has 0 bridgehead atoms. The molecule has 0 spiro atoms. The fourth-order valence-corrected chi connectivity index (χ4v) is 3.44. The number of anilines is 2. The van der Waals surface area contributed by atoms with E-state index in [0.717, 1.165) is 22.9 Å². The van der Waals surface area contributed by atoms with Gasteiger partial charge in [-0.15, -0.1) is 0 Å². The summed E-state index contributed by atoms with van der Waals surface area (Å²) in [5.41, 5.74) is 2.78. The molecule has 7 heteroatoms. The number of hydrogen-bond donors (Lipinski definition) is 2. The topological polar surface area (TPSA) is 89.0 Å². The Hall–Kier alpha value is -4.00. The van der Waals surface area contributed by atoms with Crippen molar-refractivity contribution in [3.05, 3.63) is 72.6 Å². The van der Waals surface area contributed by atoms with Crippen LogP contribution in [0.25, 0.3) is 22.3 Å². The Labute approximate surface area is 193 Å². The zero-order valence-corrected chi connectivity index (χ0v) is 19.0. The van der Waals surface area contributed by atoms with Gasteiger partial charge in [0.25, 0.3) is 5.91 Å². The van der Waals surface area contributed by atoms with E-state index in [9.17, 15) is 4.79 Å². The van der Waals surface area contributed by atoms with Crippen LogP contribution in [0, 0.1) is 5.92 Å². The summed E-state index contributed by atoms with van der Waals surface area (Å²) >= 11 is 0. The van der Waals surface area contributed by atoms with Crippen LogP contribution in [0.4, 0.5) is 11.5 Å². The number of para-hydroxylation sites is 1. The SMILES string of the molecule is COc1ccc2nc(-c3cccnc3)nc(Nc3ccccc3C(=O)NCCC(C)C)c2c1. The number of fused-ring (bicyclic) bond motifs is 1. The first-order valence-corrected chi connectivity index (χ1v) is 11.0. The molecule has 0 saturated carbocycles. The lowest BCUT2D eigenvalue weighted by Gasteiger charge is -2.15. The normalized spacial score (nSPS) is 10.9. The number of benzene rings is 2. The summed E-state index contributed by atoms with van der Waals surface area (Å²) in [4.78, 5) is 26.6. The van der Waals surface area contributed by atoms with Crippen LogP contribution in [0.2, 0.25) is 0 Å². The minimum atomic E-state index is -0.123. The van der Waals surface area contributed by atoms with E-state index in [-0.39, 0.29) is 5.91 Å². The maximum Gasteiger partial charge on any atom is 0.253 e. The molecule has 0 aliphatic carbocycles. The highest BCUT2D eigenvalue weighted by Gasteiger charge is 2.15. The van der Waals surface area contributed by atoms with Gasteiger partial charge in [0.1, 0.15) is 11.6 Å². The number of rotatable bonds is 8. The molecule has 4 rings (SSSR count). The molecular weight excluding hydrogens is 414 g/mol. The van der Waals surface area contributed by atoms with Crippen molar-refractivity contribution in [3.63, 3.8) is 0 Å². The van der Waals surface area contributed by atoms with Gasteiger partial charge in [-0.1, -0.05) is 26.0 Å². The van der Waals surface area contributed by atoms with E-state index in [4.69, 9.17) is 14.7 Å². The van der Waals surface area contributed by atoms with Crippen LogP contribution in [0.15, 0.2) is 67.0 Å². The lowest BCUT2D eigenvalue weighted by Crippen LogP contribution is -2.26. The average Bonchev–Trinajstić information content (AvgIpc) is 2.84. The van der Waals surface area contributed by atoms with Gasteiger partial charge in [0.2, 0.25) is 0 Å². The van der Waals surface area contributed by atoms with Crippen molar-refractivity contribution in [2.75, 3.05) is 19.0 Å². The standard InChI is InChI=1S/C26H27N5O2/c1-17(2)12-14-28-26(32)20-8-4-5-9-22(20)30-25-21-15-19(33-3)10-11-23(21)29-24(31-25)18-7-6-13-27-16-18/h4-11,13,15-17H,12,14H2,1-3H3,(H,28,32)(H,29,30,31). The second kappa shape index (κ2) is 10.1. The lowest BCUT2D eigenvalue weighted by molar-refractivity contribution is 0.0953. The van der Waals surface area contributed by atoms with Gasteiger partial charge in [0.05, 0.1) is 23.9 Å². The summed E-state index contributed by atoms with van der Waals surface area (Å²) in [6, 6.07) is 16.8. The molecule has 0 saturated heterocycles. The summed E-state index contributed by atoms with van der Waals surface area (Å²) in [6.07, 6.45) is 4.36. The molecule has 2 aromatic heterocycles. The van der Waals surface area contributed by atoms with Gasteiger partial charge in [0.15, 0.2) is 5.82 Å². The number of methoxy groups -OCH3 is 1. The van der Waals surface area contributed by atoms with Crippen molar-refractivity contribution in [1.82, 2.24) is 20.3 Å². The van der Waals surface area contributed by atoms with Crippen LogP contribution in [0.5, 0.6) is 5.75 Å². The Morgan fingerprint density at radius 1 is 1.06 bits per heavy atom. The van der Waals surface area contributed by atoms with E-state index < -0.39 is 0 Å². The third-order valence-electron chi connectivity index (χ3n) is 5.25. The summed E-state index contributed by atoms with van der Waals surface area (Å²) in [5.74, 6) is 2.22. The first-order chi connectivity index (χ1) is 16.0. The molecule has 1 amide bonds. The molecule has 2 aromatic carbocycles. The van der Waals surface area contributed by atoms with Crippen LogP contribution in [0.3, 0.4) is 0 Å². The fourth-order valence-electron chi connectivity index (χ4n) is 3.44. The highest BCUT2D eigenvalue weighted by molar-refractivity contribution is 6.02. The maximum absolute atomic E-state index is 12.9. The maximum atomic E-state index is 12.9. The van der Waals surface area contributed by atoms with Gasteiger partial charge in [0, 0.05) is 29.9 Å². The highest BCUT2D eigenvalue weighted by atomic mass is 16.5. The van der Waals surface area contributed by atoms with Crippen molar-refractivity contribution in [1.29, 1.82) is 0 Å². The molecule has 7 nitrogen and oxygen atoms in total. The molecule has 4 aromatic rings. The minimum Gasteiger partial charge on any atom is -0.497 e. The van der Waals surface area contributed by atoms with Gasteiger partial charge in [-0.2, -0.15) is 0 Å². The highest BCUT2D eigenvalue weighted by Crippen LogP contribution is 2.31. The van der Waals surface area contributed by atoms with E-state index in [1.807, 2.05) is 48.5 Å². The van der Waals surface area contributed by atoms with Crippen LogP contribution in [-0.2, 0) is 0 Å². The largest absolute Gasteiger partial charge is 0.497 e. The Morgan fingerprint density at radius 2 is 1.91 bits per heavy atom. The van der Waals surface area contributed by atoms with Crippen molar-refractivity contribution in [3.8, 4) is 17.1 Å². The minimum absolute atomic E-state index is 0.123. The number of carbonyl (C=O) groups is 1. The first kappa shape index (κ1) is 22.2. The fraction of sp³-hybridized carbons (Fsp3) is 0.231. The Bertz CT molecular complexity index is 1260. The van der Waals surface area contributed by atoms with Gasteiger partial charge in [-0.05, 0) is 54.8 Å². The van der Waals surface area contributed by atoms with Gasteiger partial charge >= 0.3 is 0 Å². The Morgan fingerprint density at radius 3 is 2.67 bits per heavy atom. The molecule has 33 heavy (non-hydrogen) atoms. The summed E-state index contributed by atoms with van der Waals surface area (Å²) < 4.78 is 5.41. The molecule has 0 radical (unpaired) electrons. The second-order valence-electron chi connectivity index (χ2n) is 8.13. The number of nitrogens with one attached hydrogen (secondary N) is 2. The van der Waals surface area contributed by atoms with Crippen LogP contribution in [-0.4, -0.2) is 34.5 Å². The van der Waals surface area contributed by atoms with Crippen molar-refractivity contribution in [2.45, 2.75) is 20.3 Å². The van der Waals surface area contributed by atoms with E-state index in [0.29, 0.717) is 41.1 Å². The summed E-state index contributed by atoms with van der Waals surface area (Å²) in [6.45, 7) is 4.90. The molecule has 0 aliphatic rings. The van der Waals surface area contributed by atoms with Crippen LogP contribution >= 0.6 is 0 Å². The third-order valence-corrected chi connectivity index (χ3v) is 5.25. The number of amides is 1. The number of pyridine rings is 1. The lowest BCUT2D eigenvalue weighted by atomic mass is 10.1. The molecule has 0 fully saturated rings. The average molecular weight is 442 g/mol. The zero-order chi connectivity index (χ0) is 23.2. The van der Waals surface area contributed by atoms with Gasteiger partial charge in [-0.3, -0.25) is 9.78 Å². The van der Waals surface area contributed by atoms with E-state index in [2.05, 4.69) is 29.5 Å². The monoisotopic (exact) mass is 441 g/mol. The van der Waals surface area contributed by atoms with Crippen molar-refractivity contribution in [2.24, 2.45) is 5.92 Å². The summed E-state index contributed by atoms with van der Waals surface area (Å²) in [5, 5.41) is 7.17. The van der Waals surface area contributed by atoms with Crippen molar-refractivity contribution >= 4 is 28.3 Å². The quantitative estimate of drug-likeness (QED) is 0.390. The molecular formula is C26H27N5O2. The molecule has 2 heterocycles. The first-order valence-electron chi connectivity index (χ1n) is 11.0. The number of ether oxygens (including phenoxy) is 1. The Kier molecular flexibility index (Phi) is 6.78. The van der Waals surface area contributed by atoms with E-state index in [1.165, 1.54) is 0 Å². The second-order valence-corrected chi connectivity index (χ2v) is 8.13. The zero-order valence-electron chi connectivity index (χ0n) is 19.0. The van der Waals surface area contributed by atoms with Crippen molar-refractivity contribution < 1.29 is 9.53 Å². The number of aromatic nitrogens is 3. The van der Waals surface area contributed by atoms with Gasteiger partial charge in [-0.25, -0.2) is 9.97 Å². The van der Waals surface area contributed by atoms with Crippen LogP contribution < -0.4 is 15.4 Å². The third kappa shape index (κ3) is 5.26. The van der Waals surface area contributed by atoms with Gasteiger partial charge < -0.3 is 15.4 Å². The molecule has 168 valence electrons. The predicted octanol–water partition coefficient (Wildman–Crippen LogP) is 5.22. The Balaban J connectivity index is 1.74. The molecule has 0 unspecified atom stereocenters. The van der Waals surface area contributed by atoms with E-state index in [1.54, 1.807) is 25.6 Å². The predicted molar refractivity (Wildman–Crippen MR) is 131 cm³/mol. The number of nitrogens with zero attached hydrogens (tertiary/aromatic N) is 3. The smallest absolute Gasteiger partial charge is 0.253 e. The number of hydrogen-bond acceptors (Lipinski definition) is 6. The molecule has 0 atom stereocenters. The number of carbonyl (C=O) groups excluding carboxylic acids is 1. The molecule has 2 N–H and O–H groups in total.